The molecule has 0 heterocycles. The summed E-state index contributed by atoms with van der Waals surface area (Å²) >= 11 is 0. The van der Waals surface area contributed by atoms with Gasteiger partial charge in [-0.05, 0) is 53.9 Å². The van der Waals surface area contributed by atoms with Crippen molar-refractivity contribution in [2.45, 2.75) is 13.0 Å². The van der Waals surface area contributed by atoms with Crippen LogP contribution in [0.1, 0.15) is 11.1 Å². The fraction of sp³-hybridized carbons (Fsp3) is 0.174. The van der Waals surface area contributed by atoms with Crippen molar-refractivity contribution >= 4 is 5.91 Å². The smallest absolute Gasteiger partial charge is 0.257 e. The van der Waals surface area contributed by atoms with Gasteiger partial charge in [-0.3, -0.25) is 4.79 Å². The number of halogens is 1. The quantitative estimate of drug-likeness (QED) is 0.608. The van der Waals surface area contributed by atoms with Crippen molar-refractivity contribution in [2.75, 3.05) is 13.2 Å². The van der Waals surface area contributed by atoms with Gasteiger partial charge in [-0.15, -0.1) is 0 Å². The maximum atomic E-state index is 12.8. The molecule has 3 aromatic carbocycles. The highest BCUT2D eigenvalue weighted by atomic mass is 19.1. The van der Waals surface area contributed by atoms with E-state index < -0.39 is 0 Å². The number of carbonyl (C=O) groups excluding carboxylic acids is 1. The van der Waals surface area contributed by atoms with E-state index in [4.69, 9.17) is 9.47 Å². The average Bonchev–Trinajstić information content (AvgIpc) is 2.73. The van der Waals surface area contributed by atoms with Crippen LogP contribution < -0.4 is 14.8 Å². The largest absolute Gasteiger partial charge is 0.489 e. The molecule has 0 unspecified atom stereocenters. The third kappa shape index (κ3) is 6.43. The zero-order chi connectivity index (χ0) is 19.6. The van der Waals surface area contributed by atoms with Crippen LogP contribution in [-0.4, -0.2) is 19.1 Å². The Kier molecular flexibility index (Phi) is 7.01. The molecule has 0 atom stereocenters. The van der Waals surface area contributed by atoms with Gasteiger partial charge in [0.05, 0.1) is 0 Å². The van der Waals surface area contributed by atoms with Gasteiger partial charge in [0, 0.05) is 6.54 Å². The SMILES string of the molecule is O=C(COc1ccc(F)cc1)NCCc1ccc(OCc2ccccc2)cc1. The van der Waals surface area contributed by atoms with Gasteiger partial charge in [-0.1, -0.05) is 42.5 Å². The highest BCUT2D eigenvalue weighted by Gasteiger charge is 2.03. The van der Waals surface area contributed by atoms with Crippen LogP contribution >= 0.6 is 0 Å². The molecule has 0 aliphatic rings. The van der Waals surface area contributed by atoms with Crippen LogP contribution in [0.2, 0.25) is 0 Å². The fourth-order valence-corrected chi connectivity index (χ4v) is 2.57. The summed E-state index contributed by atoms with van der Waals surface area (Å²) in [6.07, 6.45) is 0.710. The molecule has 3 aromatic rings. The van der Waals surface area contributed by atoms with Crippen LogP contribution in [0.4, 0.5) is 4.39 Å². The average molecular weight is 379 g/mol. The molecule has 4 nitrogen and oxygen atoms in total. The lowest BCUT2D eigenvalue weighted by molar-refractivity contribution is -0.123. The Morgan fingerprint density at radius 1 is 0.786 bits per heavy atom. The summed E-state index contributed by atoms with van der Waals surface area (Å²) in [5.74, 6) is 0.715. The minimum absolute atomic E-state index is 0.0993. The first kappa shape index (κ1) is 19.4. The van der Waals surface area contributed by atoms with Crippen LogP contribution in [0, 0.1) is 5.82 Å². The summed E-state index contributed by atoms with van der Waals surface area (Å²) in [5, 5.41) is 2.80. The number of rotatable bonds is 9. The molecule has 0 bridgehead atoms. The summed E-state index contributed by atoms with van der Waals surface area (Å²) in [6, 6.07) is 23.4. The highest BCUT2D eigenvalue weighted by Crippen LogP contribution is 2.14. The summed E-state index contributed by atoms with van der Waals surface area (Å²) in [6.45, 7) is 0.942. The lowest BCUT2D eigenvalue weighted by atomic mass is 10.1. The number of ether oxygens (including phenoxy) is 2. The first-order valence-electron chi connectivity index (χ1n) is 9.10. The third-order valence-electron chi connectivity index (χ3n) is 4.09. The summed E-state index contributed by atoms with van der Waals surface area (Å²) < 4.78 is 23.9. The number of amides is 1. The minimum Gasteiger partial charge on any atom is -0.489 e. The number of hydrogen-bond acceptors (Lipinski definition) is 3. The van der Waals surface area contributed by atoms with Crippen LogP contribution in [-0.2, 0) is 17.8 Å². The summed E-state index contributed by atoms with van der Waals surface area (Å²) in [4.78, 5) is 11.8. The molecule has 144 valence electrons. The van der Waals surface area contributed by atoms with Crippen LogP contribution in [0.3, 0.4) is 0 Å². The zero-order valence-electron chi connectivity index (χ0n) is 15.4. The molecule has 28 heavy (non-hydrogen) atoms. The topological polar surface area (TPSA) is 47.6 Å². The predicted molar refractivity (Wildman–Crippen MR) is 106 cm³/mol. The van der Waals surface area contributed by atoms with Crippen molar-refractivity contribution in [3.05, 3.63) is 95.8 Å². The molecule has 1 N–H and O–H groups in total. The van der Waals surface area contributed by atoms with E-state index in [2.05, 4.69) is 5.32 Å². The first-order chi connectivity index (χ1) is 13.7. The van der Waals surface area contributed by atoms with Crippen LogP contribution in [0.25, 0.3) is 0 Å². The van der Waals surface area contributed by atoms with E-state index >= 15 is 0 Å². The number of carbonyl (C=O) groups is 1. The van der Waals surface area contributed by atoms with Crippen LogP contribution in [0.15, 0.2) is 78.9 Å². The maximum Gasteiger partial charge on any atom is 0.257 e. The highest BCUT2D eigenvalue weighted by molar-refractivity contribution is 5.77. The molecule has 0 saturated heterocycles. The van der Waals surface area contributed by atoms with Crippen molar-refractivity contribution in [1.82, 2.24) is 5.32 Å². The zero-order valence-corrected chi connectivity index (χ0v) is 15.4. The molecule has 3 rings (SSSR count). The van der Waals surface area contributed by atoms with E-state index in [0.29, 0.717) is 25.3 Å². The summed E-state index contributed by atoms with van der Waals surface area (Å²) in [5.41, 5.74) is 2.23. The first-order valence-corrected chi connectivity index (χ1v) is 9.10. The van der Waals surface area contributed by atoms with E-state index in [1.54, 1.807) is 0 Å². The van der Waals surface area contributed by atoms with E-state index in [1.807, 2.05) is 54.6 Å². The van der Waals surface area contributed by atoms with Gasteiger partial charge in [0.25, 0.3) is 5.91 Å². The van der Waals surface area contributed by atoms with Gasteiger partial charge in [-0.2, -0.15) is 0 Å². The van der Waals surface area contributed by atoms with Gasteiger partial charge in [0.1, 0.15) is 23.9 Å². The minimum atomic E-state index is -0.340. The molecular formula is C23H22FNO3. The molecule has 0 aliphatic carbocycles. The second-order valence-corrected chi connectivity index (χ2v) is 6.26. The Hall–Kier alpha value is -3.34. The van der Waals surface area contributed by atoms with Crippen molar-refractivity contribution in [3.8, 4) is 11.5 Å². The Morgan fingerprint density at radius 3 is 2.14 bits per heavy atom. The van der Waals surface area contributed by atoms with E-state index in [1.165, 1.54) is 24.3 Å². The monoisotopic (exact) mass is 379 g/mol. The Morgan fingerprint density at radius 2 is 1.43 bits per heavy atom. The Labute approximate surface area is 163 Å². The maximum absolute atomic E-state index is 12.8. The molecule has 0 aliphatic heterocycles. The second kappa shape index (κ2) is 10.1. The van der Waals surface area contributed by atoms with Gasteiger partial charge in [0.15, 0.2) is 6.61 Å². The van der Waals surface area contributed by atoms with Crippen molar-refractivity contribution in [2.24, 2.45) is 0 Å². The van der Waals surface area contributed by atoms with E-state index in [9.17, 15) is 9.18 Å². The number of hydrogen-bond donors (Lipinski definition) is 1. The Balaban J connectivity index is 1.35. The lowest BCUT2D eigenvalue weighted by Crippen LogP contribution is -2.30. The number of benzene rings is 3. The second-order valence-electron chi connectivity index (χ2n) is 6.26. The normalized spacial score (nSPS) is 10.3. The Bertz CT molecular complexity index is 865. The standard InChI is InChI=1S/C23H22FNO3/c24-20-8-12-22(13-9-20)28-17-23(26)25-15-14-18-6-10-21(11-7-18)27-16-19-4-2-1-3-5-19/h1-13H,14-17H2,(H,25,26). The fourth-order valence-electron chi connectivity index (χ4n) is 2.57. The van der Waals surface area contributed by atoms with Crippen molar-refractivity contribution < 1.29 is 18.7 Å². The molecule has 0 spiro atoms. The molecule has 5 heteroatoms. The van der Waals surface area contributed by atoms with Gasteiger partial charge < -0.3 is 14.8 Å². The predicted octanol–water partition coefficient (Wildman–Crippen LogP) is 4.14. The molecule has 0 radical (unpaired) electrons. The van der Waals surface area contributed by atoms with Crippen molar-refractivity contribution in [3.63, 3.8) is 0 Å². The van der Waals surface area contributed by atoms with Crippen LogP contribution in [0.5, 0.6) is 11.5 Å². The third-order valence-corrected chi connectivity index (χ3v) is 4.09. The molecule has 0 saturated carbocycles. The molecule has 1 amide bonds. The van der Waals surface area contributed by atoms with Gasteiger partial charge in [-0.25, -0.2) is 4.39 Å². The van der Waals surface area contributed by atoms with E-state index in [-0.39, 0.29) is 18.3 Å². The van der Waals surface area contributed by atoms with Gasteiger partial charge >= 0.3 is 0 Å². The molecule has 0 aromatic heterocycles. The molecule has 0 fully saturated rings. The lowest BCUT2D eigenvalue weighted by Gasteiger charge is -2.09. The number of nitrogens with one attached hydrogen (secondary N) is 1. The van der Waals surface area contributed by atoms with E-state index in [0.717, 1.165) is 16.9 Å². The molecular weight excluding hydrogens is 357 g/mol. The summed E-state index contributed by atoms with van der Waals surface area (Å²) in [7, 11) is 0. The van der Waals surface area contributed by atoms with Gasteiger partial charge in [0.2, 0.25) is 0 Å². The van der Waals surface area contributed by atoms with Crippen molar-refractivity contribution in [1.29, 1.82) is 0 Å².